The zero-order valence-electron chi connectivity index (χ0n) is 18.5. The second-order valence-corrected chi connectivity index (χ2v) is 11.5. The molecule has 0 aromatic heterocycles. The summed E-state index contributed by atoms with van der Waals surface area (Å²) < 4.78 is 33.0. The highest BCUT2D eigenvalue weighted by Crippen LogP contribution is 2.42. The van der Waals surface area contributed by atoms with Crippen LogP contribution >= 0.6 is 0 Å². The third kappa shape index (κ3) is 6.29. The predicted octanol–water partition coefficient (Wildman–Crippen LogP) is 6.38. The molecule has 2 fully saturated rings. The van der Waals surface area contributed by atoms with Crippen molar-refractivity contribution in [2.45, 2.75) is 90.0 Å². The van der Waals surface area contributed by atoms with E-state index in [1.165, 1.54) is 84.2 Å². The Morgan fingerprint density at radius 1 is 0.862 bits per heavy atom. The van der Waals surface area contributed by atoms with Gasteiger partial charge >= 0.3 is 0 Å². The fourth-order valence-corrected chi connectivity index (χ4v) is 7.82. The highest BCUT2D eigenvalue weighted by molar-refractivity contribution is 6.53. The van der Waals surface area contributed by atoms with Gasteiger partial charge in [-0.2, -0.15) is 4.39 Å². The van der Waals surface area contributed by atoms with E-state index in [0.717, 1.165) is 29.7 Å². The van der Waals surface area contributed by atoms with Crippen molar-refractivity contribution in [2.75, 3.05) is 7.11 Å². The summed E-state index contributed by atoms with van der Waals surface area (Å²) in [5, 5.41) is 0.631. The molecule has 0 bridgehead atoms. The molecule has 0 unspecified atom stereocenters. The Labute approximate surface area is 178 Å². The van der Waals surface area contributed by atoms with Gasteiger partial charge in [0, 0.05) is 0 Å². The second-order valence-electron chi connectivity index (χ2n) is 9.65. The molecule has 1 nitrogen and oxygen atoms in total. The van der Waals surface area contributed by atoms with E-state index in [9.17, 15) is 8.78 Å². The number of methoxy groups -OCH3 is 1. The van der Waals surface area contributed by atoms with Gasteiger partial charge < -0.3 is 4.74 Å². The minimum Gasteiger partial charge on any atom is -0.494 e. The minimum absolute atomic E-state index is 0.0147. The van der Waals surface area contributed by atoms with E-state index < -0.39 is 21.2 Å². The minimum atomic E-state index is -0.813. The predicted molar refractivity (Wildman–Crippen MR) is 121 cm³/mol. The van der Waals surface area contributed by atoms with Gasteiger partial charge in [-0.3, -0.25) is 0 Å². The number of unbranched alkanes of at least 4 members (excludes halogenated alkanes) is 2. The Kier molecular flexibility index (Phi) is 9.01. The van der Waals surface area contributed by atoms with Gasteiger partial charge in [-0.25, -0.2) is 4.39 Å². The molecule has 0 saturated heterocycles. The molecule has 0 amide bonds. The van der Waals surface area contributed by atoms with E-state index >= 15 is 0 Å². The van der Waals surface area contributed by atoms with E-state index in [1.54, 1.807) is 12.1 Å². The van der Waals surface area contributed by atoms with Gasteiger partial charge in [0.25, 0.3) is 0 Å². The first-order valence-corrected chi connectivity index (χ1v) is 13.8. The summed E-state index contributed by atoms with van der Waals surface area (Å²) in [5.74, 6) is 2.16. The maximum absolute atomic E-state index is 14.2. The van der Waals surface area contributed by atoms with Crippen LogP contribution in [-0.2, 0) is 0 Å². The van der Waals surface area contributed by atoms with Gasteiger partial charge in [0.15, 0.2) is 17.4 Å². The average Bonchev–Trinajstić information content (AvgIpc) is 2.76. The van der Waals surface area contributed by atoms with Crippen molar-refractivity contribution in [2.24, 2.45) is 23.7 Å². The van der Waals surface area contributed by atoms with E-state index in [2.05, 4.69) is 6.92 Å². The quantitative estimate of drug-likeness (QED) is 0.331. The number of benzene rings is 1. The third-order valence-electron chi connectivity index (χ3n) is 7.83. The van der Waals surface area contributed by atoms with Crippen molar-refractivity contribution < 1.29 is 13.5 Å². The molecule has 0 radical (unpaired) electrons. The number of hydrogen-bond donors (Lipinski definition) is 0. The fraction of sp³-hybridized carbons (Fsp3) is 0.760. The molecule has 0 atom stereocenters. The molecule has 2 saturated carbocycles. The molecule has 0 heterocycles. The number of hydrogen-bond acceptors (Lipinski definition) is 1. The van der Waals surface area contributed by atoms with Crippen LogP contribution in [0.5, 0.6) is 5.75 Å². The Hall–Kier alpha value is -0.903. The molecule has 0 spiro atoms. The molecular weight excluding hydrogens is 382 g/mol. The number of halogens is 2. The molecule has 2 aliphatic rings. The normalized spacial score (nSPS) is 28.1. The van der Waals surface area contributed by atoms with Crippen LogP contribution in [0.15, 0.2) is 12.1 Å². The van der Waals surface area contributed by atoms with Crippen LogP contribution in [0.3, 0.4) is 0 Å². The van der Waals surface area contributed by atoms with Crippen LogP contribution in [0.4, 0.5) is 8.78 Å². The van der Waals surface area contributed by atoms with Gasteiger partial charge in [-0.05, 0) is 60.6 Å². The Bertz CT molecular complexity index is 619. The van der Waals surface area contributed by atoms with Crippen molar-refractivity contribution in [3.05, 3.63) is 23.8 Å². The van der Waals surface area contributed by atoms with Gasteiger partial charge in [0.2, 0.25) is 0 Å². The average molecular weight is 423 g/mol. The van der Waals surface area contributed by atoms with Crippen LogP contribution in [0.2, 0.25) is 6.04 Å². The second kappa shape index (κ2) is 11.5. The fourth-order valence-electron chi connectivity index (χ4n) is 5.86. The van der Waals surface area contributed by atoms with E-state index in [4.69, 9.17) is 4.74 Å². The summed E-state index contributed by atoms with van der Waals surface area (Å²) in [5.41, 5.74) is 0. The molecule has 0 N–H and O–H groups in total. The summed E-state index contributed by atoms with van der Waals surface area (Å²) in [6.07, 6.45) is 16.8. The van der Waals surface area contributed by atoms with Gasteiger partial charge in [0.05, 0.1) is 16.6 Å². The summed E-state index contributed by atoms with van der Waals surface area (Å²) >= 11 is 0. The summed E-state index contributed by atoms with van der Waals surface area (Å²) in [4.78, 5) is 0. The van der Waals surface area contributed by atoms with Gasteiger partial charge in [-0.15, -0.1) is 0 Å². The maximum atomic E-state index is 14.2. The molecule has 1 aromatic carbocycles. The van der Waals surface area contributed by atoms with Crippen LogP contribution in [-0.4, -0.2) is 16.6 Å². The first kappa shape index (κ1) is 22.8. The summed E-state index contributed by atoms with van der Waals surface area (Å²) in [6.45, 7) is 2.29. The SMILES string of the molecule is CCCCC[C@H]1CC[C@H]([C@H]2CC[C@H](C[SiH2]c3ccc(OC)c(F)c3F)CC2)CC1. The van der Waals surface area contributed by atoms with Gasteiger partial charge in [0.1, 0.15) is 0 Å². The molecule has 29 heavy (non-hydrogen) atoms. The Morgan fingerprint density at radius 2 is 1.48 bits per heavy atom. The first-order chi connectivity index (χ1) is 14.1. The zero-order valence-corrected chi connectivity index (χ0v) is 19.9. The Morgan fingerprint density at radius 3 is 2.07 bits per heavy atom. The molecule has 0 aliphatic heterocycles. The van der Waals surface area contributed by atoms with Crippen LogP contribution in [0, 0.1) is 35.3 Å². The van der Waals surface area contributed by atoms with Crippen molar-refractivity contribution in [3.63, 3.8) is 0 Å². The standard InChI is InChI=1S/C25H40F2OSi/c1-3-4-5-6-18-7-11-20(12-8-18)21-13-9-19(10-14-21)17-29-23-16-15-22(28-2)24(26)25(23)27/h15-16,18-21H,3-14,17,29H2,1-2H3/t18-,19-,20-,21-. The van der Waals surface area contributed by atoms with Gasteiger partial charge in [-0.1, -0.05) is 70.4 Å². The molecule has 2 aliphatic carbocycles. The van der Waals surface area contributed by atoms with Crippen molar-refractivity contribution in [1.29, 1.82) is 0 Å². The lowest BCUT2D eigenvalue weighted by atomic mass is 9.69. The highest BCUT2D eigenvalue weighted by atomic mass is 28.2. The molecule has 1 aromatic rings. The zero-order chi connectivity index (χ0) is 20.6. The number of ether oxygens (including phenoxy) is 1. The van der Waals surface area contributed by atoms with Crippen LogP contribution in [0.25, 0.3) is 0 Å². The summed E-state index contributed by atoms with van der Waals surface area (Å²) in [7, 11) is 0.623. The molecule has 4 heteroatoms. The van der Waals surface area contributed by atoms with E-state index in [-0.39, 0.29) is 5.75 Å². The van der Waals surface area contributed by atoms with Crippen LogP contribution < -0.4 is 9.92 Å². The molecular formula is C25H40F2OSi. The molecule has 3 rings (SSSR count). The lowest BCUT2D eigenvalue weighted by Crippen LogP contribution is -2.28. The number of rotatable bonds is 9. The molecule has 164 valence electrons. The third-order valence-corrected chi connectivity index (χ3v) is 10.0. The Balaban J connectivity index is 1.37. The van der Waals surface area contributed by atoms with Crippen molar-refractivity contribution >= 4 is 14.7 Å². The monoisotopic (exact) mass is 422 g/mol. The first-order valence-electron chi connectivity index (χ1n) is 12.1. The smallest absolute Gasteiger partial charge is 0.200 e. The van der Waals surface area contributed by atoms with E-state index in [0.29, 0.717) is 5.19 Å². The van der Waals surface area contributed by atoms with Crippen LogP contribution in [0.1, 0.15) is 84.0 Å². The largest absolute Gasteiger partial charge is 0.494 e. The maximum Gasteiger partial charge on any atom is 0.200 e. The van der Waals surface area contributed by atoms with E-state index in [1.807, 2.05) is 0 Å². The van der Waals surface area contributed by atoms with Crippen molar-refractivity contribution in [1.82, 2.24) is 0 Å². The lowest BCUT2D eigenvalue weighted by Gasteiger charge is -2.38. The van der Waals surface area contributed by atoms with Crippen molar-refractivity contribution in [3.8, 4) is 5.75 Å². The highest BCUT2D eigenvalue weighted by Gasteiger charge is 2.30. The lowest BCUT2D eigenvalue weighted by molar-refractivity contribution is 0.146. The topological polar surface area (TPSA) is 9.23 Å². The summed E-state index contributed by atoms with van der Waals surface area (Å²) in [6, 6.07) is 4.43.